The van der Waals surface area contributed by atoms with Gasteiger partial charge in [0.25, 0.3) is 0 Å². The van der Waals surface area contributed by atoms with Crippen LogP contribution in [-0.4, -0.2) is 19.3 Å². The monoisotopic (exact) mass is 297 g/mol. The van der Waals surface area contributed by atoms with Crippen LogP contribution >= 0.6 is 15.9 Å². The number of hydrogen-bond donors (Lipinski definition) is 1. The molecule has 2 atom stereocenters. The number of ether oxygens (including phenoxy) is 1. The third kappa shape index (κ3) is 3.23. The van der Waals surface area contributed by atoms with Gasteiger partial charge in [0.2, 0.25) is 0 Å². The number of benzene rings is 1. The highest BCUT2D eigenvalue weighted by Crippen LogP contribution is 2.26. The van der Waals surface area contributed by atoms with Gasteiger partial charge in [0, 0.05) is 17.3 Å². The van der Waals surface area contributed by atoms with Crippen molar-refractivity contribution in [3.8, 4) is 0 Å². The fourth-order valence-electron chi connectivity index (χ4n) is 2.44. The SMILES string of the molecule is COC1CCCCC1Nc1ccc(C)c(Br)c1. The van der Waals surface area contributed by atoms with Crippen molar-refractivity contribution in [2.45, 2.75) is 44.8 Å². The second-order valence-corrected chi connectivity index (χ2v) is 5.63. The van der Waals surface area contributed by atoms with E-state index < -0.39 is 0 Å². The van der Waals surface area contributed by atoms with E-state index in [0.29, 0.717) is 12.1 Å². The van der Waals surface area contributed by atoms with Crippen molar-refractivity contribution in [3.63, 3.8) is 0 Å². The maximum atomic E-state index is 5.56. The predicted molar refractivity (Wildman–Crippen MR) is 75.6 cm³/mol. The van der Waals surface area contributed by atoms with Crippen LogP contribution in [-0.2, 0) is 4.74 Å². The lowest BCUT2D eigenvalue weighted by atomic mass is 9.92. The van der Waals surface area contributed by atoms with E-state index in [1.54, 1.807) is 0 Å². The third-order valence-electron chi connectivity index (χ3n) is 3.53. The number of aryl methyl sites for hydroxylation is 1. The number of nitrogens with one attached hydrogen (secondary N) is 1. The van der Waals surface area contributed by atoms with E-state index in [0.717, 1.165) is 4.47 Å². The summed E-state index contributed by atoms with van der Waals surface area (Å²) in [6.45, 7) is 2.10. The third-order valence-corrected chi connectivity index (χ3v) is 4.38. The van der Waals surface area contributed by atoms with Crippen LogP contribution in [0.3, 0.4) is 0 Å². The molecule has 0 radical (unpaired) electrons. The molecular weight excluding hydrogens is 278 g/mol. The fraction of sp³-hybridized carbons (Fsp3) is 0.571. The average molecular weight is 298 g/mol. The lowest BCUT2D eigenvalue weighted by Crippen LogP contribution is -2.37. The number of anilines is 1. The minimum absolute atomic E-state index is 0.351. The Morgan fingerprint density at radius 2 is 2.06 bits per heavy atom. The molecule has 3 heteroatoms. The highest BCUT2D eigenvalue weighted by molar-refractivity contribution is 9.10. The molecule has 0 aliphatic heterocycles. The zero-order chi connectivity index (χ0) is 12.3. The van der Waals surface area contributed by atoms with Crippen molar-refractivity contribution in [1.29, 1.82) is 0 Å². The largest absolute Gasteiger partial charge is 0.380 e. The van der Waals surface area contributed by atoms with Crippen LogP contribution < -0.4 is 5.32 Å². The van der Waals surface area contributed by atoms with Gasteiger partial charge in [-0.3, -0.25) is 0 Å². The zero-order valence-corrected chi connectivity index (χ0v) is 12.1. The first kappa shape index (κ1) is 12.9. The molecule has 2 nitrogen and oxygen atoms in total. The van der Waals surface area contributed by atoms with Gasteiger partial charge in [0.05, 0.1) is 12.1 Å². The van der Waals surface area contributed by atoms with Gasteiger partial charge in [-0.2, -0.15) is 0 Å². The number of methoxy groups -OCH3 is 1. The maximum Gasteiger partial charge on any atom is 0.0772 e. The second kappa shape index (κ2) is 5.87. The summed E-state index contributed by atoms with van der Waals surface area (Å²) < 4.78 is 6.72. The van der Waals surface area contributed by atoms with Crippen molar-refractivity contribution < 1.29 is 4.74 Å². The van der Waals surface area contributed by atoms with E-state index in [2.05, 4.69) is 46.4 Å². The van der Waals surface area contributed by atoms with Gasteiger partial charge in [-0.05, 0) is 37.5 Å². The normalized spacial score (nSPS) is 24.6. The molecule has 94 valence electrons. The molecule has 2 rings (SSSR count). The van der Waals surface area contributed by atoms with Crippen molar-refractivity contribution in [2.24, 2.45) is 0 Å². The van der Waals surface area contributed by atoms with Gasteiger partial charge < -0.3 is 10.1 Å². The highest BCUT2D eigenvalue weighted by Gasteiger charge is 2.24. The van der Waals surface area contributed by atoms with E-state index in [1.807, 2.05) is 7.11 Å². The molecule has 1 saturated carbocycles. The summed E-state index contributed by atoms with van der Waals surface area (Å²) in [7, 11) is 1.82. The van der Waals surface area contributed by atoms with Crippen LogP contribution in [0.2, 0.25) is 0 Å². The molecule has 1 aromatic carbocycles. The molecule has 1 aliphatic rings. The van der Waals surface area contributed by atoms with Gasteiger partial charge >= 0.3 is 0 Å². The Hall–Kier alpha value is -0.540. The van der Waals surface area contributed by atoms with Gasteiger partial charge in [0.15, 0.2) is 0 Å². The average Bonchev–Trinajstić information content (AvgIpc) is 2.34. The zero-order valence-electron chi connectivity index (χ0n) is 10.5. The smallest absolute Gasteiger partial charge is 0.0772 e. The summed E-state index contributed by atoms with van der Waals surface area (Å²) in [5.74, 6) is 0. The van der Waals surface area contributed by atoms with Gasteiger partial charge in [0.1, 0.15) is 0 Å². The van der Waals surface area contributed by atoms with E-state index in [-0.39, 0.29) is 0 Å². The van der Waals surface area contributed by atoms with Gasteiger partial charge in [-0.25, -0.2) is 0 Å². The molecule has 17 heavy (non-hydrogen) atoms. The molecule has 0 heterocycles. The van der Waals surface area contributed by atoms with E-state index in [1.165, 1.54) is 36.9 Å². The van der Waals surface area contributed by atoms with Crippen LogP contribution in [0.15, 0.2) is 22.7 Å². The Morgan fingerprint density at radius 1 is 1.29 bits per heavy atom. The molecule has 1 N–H and O–H groups in total. The van der Waals surface area contributed by atoms with Crippen LogP contribution in [0, 0.1) is 6.92 Å². The Bertz CT molecular complexity index is 380. The number of halogens is 1. The maximum absolute atomic E-state index is 5.56. The number of hydrogen-bond acceptors (Lipinski definition) is 2. The molecule has 0 amide bonds. The van der Waals surface area contributed by atoms with E-state index in [4.69, 9.17) is 4.74 Å². The molecule has 0 saturated heterocycles. The van der Waals surface area contributed by atoms with Crippen LogP contribution in [0.4, 0.5) is 5.69 Å². The fourth-order valence-corrected chi connectivity index (χ4v) is 2.82. The molecule has 1 aromatic rings. The Morgan fingerprint density at radius 3 is 2.76 bits per heavy atom. The summed E-state index contributed by atoms with van der Waals surface area (Å²) in [5.41, 5.74) is 2.44. The topological polar surface area (TPSA) is 21.3 Å². The molecule has 0 aromatic heterocycles. The minimum Gasteiger partial charge on any atom is -0.380 e. The standard InChI is InChI=1S/C14H20BrNO/c1-10-7-8-11(9-12(10)15)16-13-5-3-4-6-14(13)17-2/h7-9,13-14,16H,3-6H2,1-2H3. The first-order chi connectivity index (χ1) is 8.20. The Labute approximate surface area is 112 Å². The summed E-state index contributed by atoms with van der Waals surface area (Å²) in [6.07, 6.45) is 5.30. The first-order valence-electron chi connectivity index (χ1n) is 6.26. The quantitative estimate of drug-likeness (QED) is 0.906. The van der Waals surface area contributed by atoms with Crippen LogP contribution in [0.25, 0.3) is 0 Å². The molecule has 0 bridgehead atoms. The summed E-state index contributed by atoms with van der Waals surface area (Å²) in [6, 6.07) is 6.87. The Balaban J connectivity index is 2.05. The summed E-state index contributed by atoms with van der Waals surface area (Å²) in [4.78, 5) is 0. The summed E-state index contributed by atoms with van der Waals surface area (Å²) >= 11 is 3.57. The van der Waals surface area contributed by atoms with Crippen molar-refractivity contribution in [3.05, 3.63) is 28.2 Å². The lowest BCUT2D eigenvalue weighted by molar-refractivity contribution is 0.0606. The Kier molecular flexibility index (Phi) is 4.46. The van der Waals surface area contributed by atoms with Gasteiger partial charge in [-0.15, -0.1) is 0 Å². The van der Waals surface area contributed by atoms with Gasteiger partial charge in [-0.1, -0.05) is 34.8 Å². The number of rotatable bonds is 3. The van der Waals surface area contributed by atoms with Crippen molar-refractivity contribution in [2.75, 3.05) is 12.4 Å². The first-order valence-corrected chi connectivity index (χ1v) is 7.05. The minimum atomic E-state index is 0.351. The highest BCUT2D eigenvalue weighted by atomic mass is 79.9. The second-order valence-electron chi connectivity index (χ2n) is 4.77. The molecule has 2 unspecified atom stereocenters. The van der Waals surface area contributed by atoms with E-state index >= 15 is 0 Å². The van der Waals surface area contributed by atoms with Crippen LogP contribution in [0.5, 0.6) is 0 Å². The van der Waals surface area contributed by atoms with Crippen molar-refractivity contribution >= 4 is 21.6 Å². The van der Waals surface area contributed by atoms with Crippen molar-refractivity contribution in [1.82, 2.24) is 0 Å². The lowest BCUT2D eigenvalue weighted by Gasteiger charge is -2.31. The summed E-state index contributed by atoms with van der Waals surface area (Å²) in [5, 5.41) is 3.59. The van der Waals surface area contributed by atoms with E-state index in [9.17, 15) is 0 Å². The van der Waals surface area contributed by atoms with Crippen LogP contribution in [0.1, 0.15) is 31.2 Å². The molecular formula is C14H20BrNO. The predicted octanol–water partition coefficient (Wildman–Crippen LogP) is 4.13. The molecule has 1 aliphatic carbocycles. The molecule has 0 spiro atoms. The molecule has 1 fully saturated rings.